The van der Waals surface area contributed by atoms with Crippen molar-refractivity contribution in [3.05, 3.63) is 59.7 Å². The van der Waals surface area contributed by atoms with Gasteiger partial charge >= 0.3 is 0 Å². The molecule has 1 amide bonds. The first-order valence-electron chi connectivity index (χ1n) is 8.19. The molecule has 1 aromatic heterocycles. The number of hydrogen-bond acceptors (Lipinski definition) is 3. The van der Waals surface area contributed by atoms with E-state index in [4.69, 9.17) is 0 Å². The molecule has 1 heterocycles. The van der Waals surface area contributed by atoms with E-state index in [9.17, 15) is 4.79 Å². The summed E-state index contributed by atoms with van der Waals surface area (Å²) in [5.74, 6) is 0.642. The number of nitrogens with one attached hydrogen (secondary N) is 1. The summed E-state index contributed by atoms with van der Waals surface area (Å²) in [6.07, 6.45) is 5.69. The highest BCUT2D eigenvalue weighted by Crippen LogP contribution is 2.25. The molecule has 4 nitrogen and oxygen atoms in total. The van der Waals surface area contributed by atoms with Gasteiger partial charge in [0, 0.05) is 12.4 Å². The molecule has 0 unspecified atom stereocenters. The van der Waals surface area contributed by atoms with Crippen LogP contribution in [0.2, 0.25) is 0 Å². The van der Waals surface area contributed by atoms with Crippen LogP contribution in [0.3, 0.4) is 0 Å². The number of carbonyl (C=O) groups is 1. The fraction of sp³-hybridized carbons (Fsp3) is 0.421. The predicted octanol–water partition coefficient (Wildman–Crippen LogP) is 4.12. The van der Waals surface area contributed by atoms with Crippen LogP contribution < -0.4 is 5.32 Å². The third kappa shape index (κ3) is 4.38. The van der Waals surface area contributed by atoms with Crippen LogP contribution in [0.4, 0.5) is 0 Å². The zero-order valence-electron chi connectivity index (χ0n) is 14.3. The molecule has 0 saturated carbocycles. The number of amides is 1. The van der Waals surface area contributed by atoms with E-state index in [1.807, 2.05) is 0 Å². The number of rotatable bonds is 6. The summed E-state index contributed by atoms with van der Waals surface area (Å²) < 4.78 is 0. The number of benzene rings is 1. The van der Waals surface area contributed by atoms with Crippen LogP contribution in [0.1, 0.15) is 67.7 Å². The van der Waals surface area contributed by atoms with E-state index >= 15 is 0 Å². The minimum atomic E-state index is -0.192. The molecule has 0 fully saturated rings. The van der Waals surface area contributed by atoms with E-state index in [-0.39, 0.29) is 17.9 Å². The molecule has 122 valence electrons. The van der Waals surface area contributed by atoms with E-state index in [2.05, 4.69) is 67.2 Å². The second-order valence-electron chi connectivity index (χ2n) is 6.26. The van der Waals surface area contributed by atoms with Gasteiger partial charge in [0.2, 0.25) is 0 Å². The summed E-state index contributed by atoms with van der Waals surface area (Å²) in [4.78, 5) is 20.3. The average molecular weight is 311 g/mol. The Hall–Kier alpha value is -2.23. The van der Waals surface area contributed by atoms with Crippen molar-refractivity contribution in [3.8, 4) is 0 Å². The van der Waals surface area contributed by atoms with Crippen molar-refractivity contribution in [1.82, 2.24) is 15.3 Å². The monoisotopic (exact) mass is 311 g/mol. The van der Waals surface area contributed by atoms with Crippen LogP contribution in [-0.2, 0) is 0 Å². The van der Waals surface area contributed by atoms with Gasteiger partial charge in [-0.15, -0.1) is 0 Å². The normalized spacial score (nSPS) is 13.6. The van der Waals surface area contributed by atoms with Crippen LogP contribution >= 0.6 is 0 Å². The Bertz CT molecular complexity index is 623. The Morgan fingerprint density at radius 2 is 1.74 bits per heavy atom. The van der Waals surface area contributed by atoms with Gasteiger partial charge in [-0.2, -0.15) is 0 Å². The van der Waals surface area contributed by atoms with Gasteiger partial charge in [-0.1, -0.05) is 52.0 Å². The maximum atomic E-state index is 12.3. The summed E-state index contributed by atoms with van der Waals surface area (Å²) in [5, 5.41) is 3.07. The summed E-state index contributed by atoms with van der Waals surface area (Å²) in [5.41, 5.74) is 2.79. The topological polar surface area (TPSA) is 54.9 Å². The smallest absolute Gasteiger partial charge is 0.271 e. The Morgan fingerprint density at radius 1 is 1.09 bits per heavy atom. The lowest BCUT2D eigenvalue weighted by molar-refractivity contribution is 0.0920. The van der Waals surface area contributed by atoms with E-state index in [0.717, 1.165) is 12.0 Å². The third-order valence-corrected chi connectivity index (χ3v) is 4.23. The van der Waals surface area contributed by atoms with Crippen LogP contribution in [0.5, 0.6) is 0 Å². The van der Waals surface area contributed by atoms with Gasteiger partial charge in [0.1, 0.15) is 5.69 Å². The van der Waals surface area contributed by atoms with E-state index < -0.39 is 0 Å². The van der Waals surface area contributed by atoms with Gasteiger partial charge in [0.25, 0.3) is 5.91 Å². The number of hydrogen-bond donors (Lipinski definition) is 1. The van der Waals surface area contributed by atoms with E-state index in [1.54, 1.807) is 6.20 Å². The van der Waals surface area contributed by atoms with Crippen molar-refractivity contribution >= 4 is 5.91 Å². The van der Waals surface area contributed by atoms with Crippen molar-refractivity contribution in [1.29, 1.82) is 0 Å². The Morgan fingerprint density at radius 3 is 2.26 bits per heavy atom. The second kappa shape index (κ2) is 7.86. The van der Waals surface area contributed by atoms with Crippen molar-refractivity contribution < 1.29 is 4.79 Å². The molecule has 0 aliphatic carbocycles. The predicted molar refractivity (Wildman–Crippen MR) is 92.2 cm³/mol. The molecule has 0 radical (unpaired) electrons. The third-order valence-electron chi connectivity index (χ3n) is 4.23. The van der Waals surface area contributed by atoms with Gasteiger partial charge < -0.3 is 5.32 Å². The highest BCUT2D eigenvalue weighted by atomic mass is 16.1. The molecule has 2 atom stereocenters. The lowest BCUT2D eigenvalue weighted by atomic mass is 9.92. The molecule has 23 heavy (non-hydrogen) atoms. The number of carbonyl (C=O) groups excluding carboxylic acids is 1. The summed E-state index contributed by atoms with van der Waals surface area (Å²) in [6.45, 7) is 8.62. The highest BCUT2D eigenvalue weighted by molar-refractivity contribution is 5.92. The van der Waals surface area contributed by atoms with Gasteiger partial charge in [-0.25, -0.2) is 4.98 Å². The van der Waals surface area contributed by atoms with Crippen molar-refractivity contribution in [2.75, 3.05) is 0 Å². The van der Waals surface area contributed by atoms with E-state index in [1.165, 1.54) is 18.0 Å². The van der Waals surface area contributed by atoms with Crippen molar-refractivity contribution in [2.24, 2.45) is 5.92 Å². The summed E-state index contributed by atoms with van der Waals surface area (Å²) >= 11 is 0. The lowest BCUT2D eigenvalue weighted by Crippen LogP contribution is -2.32. The number of aromatic nitrogens is 2. The van der Waals surface area contributed by atoms with Crippen LogP contribution in [0.25, 0.3) is 0 Å². The first-order chi connectivity index (χ1) is 11.0. The largest absolute Gasteiger partial charge is 0.344 e. The first-order valence-corrected chi connectivity index (χ1v) is 8.19. The van der Waals surface area contributed by atoms with Crippen molar-refractivity contribution in [2.45, 2.75) is 46.1 Å². The van der Waals surface area contributed by atoms with Crippen molar-refractivity contribution in [3.63, 3.8) is 0 Å². The molecular weight excluding hydrogens is 286 g/mol. The van der Waals surface area contributed by atoms with Gasteiger partial charge in [-0.3, -0.25) is 9.78 Å². The maximum Gasteiger partial charge on any atom is 0.271 e. The Balaban J connectivity index is 2.17. The molecule has 2 aromatic rings. The maximum absolute atomic E-state index is 12.3. The van der Waals surface area contributed by atoms with Gasteiger partial charge in [0.05, 0.1) is 12.2 Å². The quantitative estimate of drug-likeness (QED) is 0.873. The fourth-order valence-corrected chi connectivity index (χ4v) is 2.53. The molecule has 1 aromatic carbocycles. The molecule has 0 aliphatic heterocycles. The van der Waals surface area contributed by atoms with E-state index in [0.29, 0.717) is 11.6 Å². The van der Waals surface area contributed by atoms with Crippen LogP contribution in [0, 0.1) is 5.92 Å². The van der Waals surface area contributed by atoms with Crippen LogP contribution in [0.15, 0.2) is 42.9 Å². The SMILES string of the molecule is CC[C@@H](C)c1ccc([C@@H](NC(=O)c2cnccn2)C(C)C)cc1. The molecule has 0 saturated heterocycles. The summed E-state index contributed by atoms with van der Waals surface area (Å²) in [6, 6.07) is 8.50. The molecule has 1 N–H and O–H groups in total. The first kappa shape index (κ1) is 17.1. The lowest BCUT2D eigenvalue weighted by Gasteiger charge is -2.23. The van der Waals surface area contributed by atoms with Gasteiger partial charge in [0.15, 0.2) is 0 Å². The second-order valence-corrected chi connectivity index (χ2v) is 6.26. The Labute approximate surface area is 138 Å². The molecule has 0 bridgehead atoms. The van der Waals surface area contributed by atoms with Crippen LogP contribution in [-0.4, -0.2) is 15.9 Å². The number of nitrogens with zero attached hydrogens (tertiary/aromatic N) is 2. The molecule has 2 rings (SSSR count). The minimum absolute atomic E-state index is 0.0458. The summed E-state index contributed by atoms with van der Waals surface area (Å²) in [7, 11) is 0. The van der Waals surface area contributed by atoms with Gasteiger partial charge in [-0.05, 0) is 29.4 Å². The Kier molecular flexibility index (Phi) is 5.85. The molecule has 4 heteroatoms. The fourth-order valence-electron chi connectivity index (χ4n) is 2.53. The standard InChI is InChI=1S/C19H25N3O/c1-5-14(4)15-6-8-16(9-7-15)18(13(2)3)22-19(23)17-12-20-10-11-21-17/h6-14,18H,5H2,1-4H3,(H,22,23)/t14-,18+/m1/s1. The highest BCUT2D eigenvalue weighted by Gasteiger charge is 2.20. The molecule has 0 aliphatic rings. The average Bonchev–Trinajstić information content (AvgIpc) is 2.59. The minimum Gasteiger partial charge on any atom is -0.344 e. The molecule has 0 spiro atoms. The zero-order valence-corrected chi connectivity index (χ0v) is 14.3. The molecular formula is C19H25N3O. The zero-order chi connectivity index (χ0) is 16.8.